The van der Waals surface area contributed by atoms with E-state index < -0.39 is 0 Å². The second-order valence-electron chi connectivity index (χ2n) is 4.47. The zero-order valence-electron chi connectivity index (χ0n) is 9.98. The molecule has 1 unspecified atom stereocenters. The van der Waals surface area contributed by atoms with Crippen molar-refractivity contribution in [2.45, 2.75) is 26.3 Å². The van der Waals surface area contributed by atoms with Crippen molar-refractivity contribution in [3.8, 4) is 0 Å². The van der Waals surface area contributed by atoms with E-state index in [1.54, 1.807) is 11.3 Å². The lowest BCUT2D eigenvalue weighted by Gasteiger charge is -2.28. The molecule has 16 heavy (non-hydrogen) atoms. The molecular weight excluding hydrogens is 218 g/mol. The third-order valence-corrected chi connectivity index (χ3v) is 3.97. The Balaban J connectivity index is 1.80. The maximum atomic E-state index is 4.36. The van der Waals surface area contributed by atoms with Crippen molar-refractivity contribution in [2.24, 2.45) is 5.92 Å². The van der Waals surface area contributed by atoms with Gasteiger partial charge in [0.05, 0.1) is 6.54 Å². The average Bonchev–Trinajstić information content (AvgIpc) is 2.82. The fraction of sp³-hybridized carbons (Fsp3) is 0.750. The Kier molecular flexibility index (Phi) is 4.75. The topological polar surface area (TPSA) is 28.2 Å². The van der Waals surface area contributed by atoms with Crippen molar-refractivity contribution in [1.82, 2.24) is 15.2 Å². The van der Waals surface area contributed by atoms with E-state index >= 15 is 0 Å². The van der Waals surface area contributed by atoms with Crippen LogP contribution in [0.4, 0.5) is 0 Å². The molecule has 2 rings (SSSR count). The first-order valence-electron chi connectivity index (χ1n) is 6.20. The molecular formula is C12H21N3S. The van der Waals surface area contributed by atoms with Gasteiger partial charge in [0.15, 0.2) is 0 Å². The molecule has 0 radical (unpaired) electrons. The molecule has 0 spiro atoms. The van der Waals surface area contributed by atoms with Crippen molar-refractivity contribution in [3.05, 3.63) is 16.6 Å². The van der Waals surface area contributed by atoms with Gasteiger partial charge in [0, 0.05) is 18.1 Å². The van der Waals surface area contributed by atoms with E-state index in [-0.39, 0.29) is 0 Å². The predicted molar refractivity (Wildman–Crippen MR) is 68.7 cm³/mol. The summed E-state index contributed by atoms with van der Waals surface area (Å²) in [5.74, 6) is 0.827. The van der Waals surface area contributed by atoms with Gasteiger partial charge in [-0.1, -0.05) is 6.92 Å². The summed E-state index contributed by atoms with van der Waals surface area (Å²) < 4.78 is 0. The van der Waals surface area contributed by atoms with Gasteiger partial charge in [-0.05, 0) is 38.4 Å². The summed E-state index contributed by atoms with van der Waals surface area (Å²) in [4.78, 5) is 6.87. The number of nitrogens with zero attached hydrogens (tertiary/aromatic N) is 2. The van der Waals surface area contributed by atoms with E-state index in [0.717, 1.165) is 19.0 Å². The van der Waals surface area contributed by atoms with Gasteiger partial charge < -0.3 is 5.32 Å². The highest BCUT2D eigenvalue weighted by atomic mass is 32.1. The van der Waals surface area contributed by atoms with Crippen LogP contribution in [0.3, 0.4) is 0 Å². The second kappa shape index (κ2) is 6.33. The molecule has 1 N–H and O–H groups in total. The highest BCUT2D eigenvalue weighted by Crippen LogP contribution is 2.14. The first-order valence-corrected chi connectivity index (χ1v) is 7.08. The molecule has 1 fully saturated rings. The maximum Gasteiger partial charge on any atom is 0.107 e. The summed E-state index contributed by atoms with van der Waals surface area (Å²) in [6, 6.07) is 0. The number of nitrogens with one attached hydrogen (secondary N) is 1. The molecule has 0 aliphatic carbocycles. The van der Waals surface area contributed by atoms with Crippen molar-refractivity contribution in [2.75, 3.05) is 26.2 Å². The largest absolute Gasteiger partial charge is 0.316 e. The number of hydrogen-bond acceptors (Lipinski definition) is 4. The quantitative estimate of drug-likeness (QED) is 0.851. The van der Waals surface area contributed by atoms with E-state index in [0.29, 0.717) is 0 Å². The van der Waals surface area contributed by atoms with E-state index in [2.05, 4.69) is 27.5 Å². The molecule has 3 nitrogen and oxygen atoms in total. The maximum absolute atomic E-state index is 4.36. The minimum absolute atomic E-state index is 0.827. The first kappa shape index (κ1) is 12.0. The molecule has 2 heterocycles. The van der Waals surface area contributed by atoms with Crippen LogP contribution in [-0.2, 0) is 6.54 Å². The summed E-state index contributed by atoms with van der Waals surface area (Å²) in [6.07, 6.45) is 4.61. The van der Waals surface area contributed by atoms with Crippen LogP contribution >= 0.6 is 11.3 Å². The lowest BCUT2D eigenvalue weighted by molar-refractivity contribution is 0.209. The van der Waals surface area contributed by atoms with Gasteiger partial charge in [0.2, 0.25) is 0 Å². The summed E-state index contributed by atoms with van der Waals surface area (Å²) in [7, 11) is 0. The monoisotopic (exact) mass is 239 g/mol. The number of thiazole rings is 1. The van der Waals surface area contributed by atoms with Gasteiger partial charge in [-0.15, -0.1) is 11.3 Å². The first-order chi connectivity index (χ1) is 7.88. The van der Waals surface area contributed by atoms with E-state index in [1.165, 1.54) is 37.5 Å². The predicted octanol–water partition coefficient (Wildman–Crippen LogP) is 1.96. The van der Waals surface area contributed by atoms with Crippen LogP contribution in [-0.4, -0.2) is 36.1 Å². The molecule has 0 bridgehead atoms. The Bertz CT molecular complexity index is 280. The Morgan fingerprint density at radius 3 is 3.19 bits per heavy atom. The second-order valence-corrected chi connectivity index (χ2v) is 5.45. The van der Waals surface area contributed by atoms with E-state index in [1.807, 2.05) is 6.20 Å². The molecule has 4 heteroatoms. The van der Waals surface area contributed by atoms with Crippen LogP contribution in [0.1, 0.15) is 24.8 Å². The summed E-state index contributed by atoms with van der Waals surface area (Å²) in [5.41, 5.74) is 0. The molecule has 1 saturated heterocycles. The average molecular weight is 239 g/mol. The van der Waals surface area contributed by atoms with E-state index in [4.69, 9.17) is 0 Å². The molecule has 1 atom stereocenters. The Labute approximate surface area is 102 Å². The van der Waals surface area contributed by atoms with E-state index in [9.17, 15) is 0 Å². The van der Waals surface area contributed by atoms with Gasteiger partial charge in [-0.2, -0.15) is 0 Å². The minimum Gasteiger partial charge on any atom is -0.316 e. The lowest BCUT2D eigenvalue weighted by atomic mass is 9.99. The molecule has 1 aliphatic rings. The molecule has 0 saturated carbocycles. The Morgan fingerprint density at radius 1 is 1.62 bits per heavy atom. The number of aromatic nitrogens is 1. The van der Waals surface area contributed by atoms with Crippen LogP contribution in [0, 0.1) is 5.92 Å². The van der Waals surface area contributed by atoms with Crippen molar-refractivity contribution in [1.29, 1.82) is 0 Å². The SMILES string of the molecule is CCN(Cc1nccs1)CC1CCCNC1. The third-order valence-electron chi connectivity index (χ3n) is 3.20. The number of hydrogen-bond donors (Lipinski definition) is 1. The van der Waals surface area contributed by atoms with Crippen LogP contribution in [0.15, 0.2) is 11.6 Å². The molecule has 0 amide bonds. The molecule has 1 aromatic heterocycles. The van der Waals surface area contributed by atoms with Crippen LogP contribution in [0.2, 0.25) is 0 Å². The Morgan fingerprint density at radius 2 is 2.56 bits per heavy atom. The standard InChI is InChI=1S/C12H21N3S/c1-2-15(10-12-14-6-7-16-12)9-11-4-3-5-13-8-11/h6-7,11,13H,2-5,8-10H2,1H3. The van der Waals surface area contributed by atoms with Gasteiger partial charge in [0.25, 0.3) is 0 Å². The minimum atomic E-state index is 0.827. The summed E-state index contributed by atoms with van der Waals surface area (Å²) in [6.45, 7) is 7.98. The van der Waals surface area contributed by atoms with Crippen molar-refractivity contribution < 1.29 is 0 Å². The van der Waals surface area contributed by atoms with Gasteiger partial charge >= 0.3 is 0 Å². The van der Waals surface area contributed by atoms with Gasteiger partial charge in [0.1, 0.15) is 5.01 Å². The fourth-order valence-corrected chi connectivity index (χ4v) is 2.93. The van der Waals surface area contributed by atoms with Gasteiger partial charge in [-0.25, -0.2) is 4.98 Å². The lowest BCUT2D eigenvalue weighted by Crippen LogP contribution is -2.38. The van der Waals surface area contributed by atoms with Crippen LogP contribution < -0.4 is 5.32 Å². The molecule has 0 aromatic carbocycles. The molecule has 1 aliphatic heterocycles. The van der Waals surface area contributed by atoms with Crippen molar-refractivity contribution in [3.63, 3.8) is 0 Å². The molecule has 1 aromatic rings. The third kappa shape index (κ3) is 3.54. The smallest absolute Gasteiger partial charge is 0.107 e. The molecule has 90 valence electrons. The normalized spacial score (nSPS) is 21.5. The highest BCUT2D eigenvalue weighted by Gasteiger charge is 2.16. The fourth-order valence-electron chi connectivity index (χ4n) is 2.27. The highest BCUT2D eigenvalue weighted by molar-refractivity contribution is 7.09. The van der Waals surface area contributed by atoms with Crippen LogP contribution in [0.5, 0.6) is 0 Å². The van der Waals surface area contributed by atoms with Crippen LogP contribution in [0.25, 0.3) is 0 Å². The zero-order chi connectivity index (χ0) is 11.2. The Hall–Kier alpha value is -0.450. The summed E-state index contributed by atoms with van der Waals surface area (Å²) in [5, 5.41) is 6.79. The van der Waals surface area contributed by atoms with Gasteiger partial charge in [-0.3, -0.25) is 4.90 Å². The zero-order valence-corrected chi connectivity index (χ0v) is 10.8. The number of rotatable bonds is 5. The summed E-state index contributed by atoms with van der Waals surface area (Å²) >= 11 is 1.76. The number of piperidine rings is 1. The van der Waals surface area contributed by atoms with Crippen molar-refractivity contribution >= 4 is 11.3 Å².